The monoisotopic (exact) mass is 334 g/mol. The van der Waals surface area contributed by atoms with Crippen LogP contribution in [0.1, 0.15) is 21.2 Å². The molecule has 0 bridgehead atoms. The van der Waals surface area contributed by atoms with E-state index < -0.39 is 20.5 Å². The zero-order valence-electron chi connectivity index (χ0n) is 12.5. The van der Waals surface area contributed by atoms with E-state index in [4.69, 9.17) is 22.1 Å². The van der Waals surface area contributed by atoms with Crippen LogP contribution in [-0.2, 0) is 34.1 Å². The van der Waals surface area contributed by atoms with Crippen LogP contribution in [0.3, 0.4) is 0 Å². The van der Waals surface area contributed by atoms with Gasteiger partial charge >= 0.3 is 11.8 Å². The molecule has 11 heteroatoms. The quantitative estimate of drug-likeness (QED) is 0.525. The molecule has 0 spiro atoms. The van der Waals surface area contributed by atoms with E-state index in [1.54, 1.807) is 0 Å². The smallest absolute Gasteiger partial charge is 0.286 e. The molecule has 120 valence electrons. The highest BCUT2D eigenvalue weighted by Gasteiger charge is 1.96. The highest BCUT2D eigenvalue weighted by molar-refractivity contribution is 7.85. The van der Waals surface area contributed by atoms with Crippen molar-refractivity contribution in [2.75, 3.05) is 6.26 Å². The van der Waals surface area contributed by atoms with Crippen molar-refractivity contribution in [2.45, 2.75) is 26.3 Å². The minimum atomic E-state index is -4.67. The molecule has 0 atom stereocenters. The first-order valence-corrected chi connectivity index (χ1v) is 8.70. The van der Waals surface area contributed by atoms with E-state index in [1.807, 2.05) is 7.05 Å². The summed E-state index contributed by atoms with van der Waals surface area (Å²) in [6, 6.07) is 0. The third kappa shape index (κ3) is 30.2. The van der Waals surface area contributed by atoms with Gasteiger partial charge in [0.2, 0.25) is 6.33 Å². The molecule has 20 heavy (non-hydrogen) atoms. The number of imidazole rings is 1. The second kappa shape index (κ2) is 9.83. The number of nitrogens with zero attached hydrogens (tertiary/aromatic N) is 2. The number of rotatable bonds is 3. The summed E-state index contributed by atoms with van der Waals surface area (Å²) < 4.78 is 61.7. The van der Waals surface area contributed by atoms with Crippen LogP contribution in [0.15, 0.2) is 18.7 Å². The summed E-state index contributed by atoms with van der Waals surface area (Å²) in [7, 11) is -6.29. The Morgan fingerprint density at radius 3 is 1.85 bits per heavy atom. The van der Waals surface area contributed by atoms with Crippen molar-refractivity contribution in [3.63, 3.8) is 0 Å². The molecule has 0 saturated carbocycles. The molecule has 1 rings (SSSR count). The Balaban J connectivity index is -0.000000254. The van der Waals surface area contributed by atoms with E-state index >= 15 is 0 Å². The molecule has 0 unspecified atom stereocenters. The van der Waals surface area contributed by atoms with Gasteiger partial charge in [-0.2, -0.15) is 16.8 Å². The molecule has 0 radical (unpaired) electrons. The molecule has 0 amide bonds. The normalized spacial score (nSPS) is 10.9. The van der Waals surface area contributed by atoms with Gasteiger partial charge in [0, 0.05) is 0 Å². The second-order valence-electron chi connectivity index (χ2n) is 3.85. The van der Waals surface area contributed by atoms with Crippen LogP contribution < -0.4 is 4.57 Å². The van der Waals surface area contributed by atoms with Crippen molar-refractivity contribution < 1.29 is 36.5 Å². The van der Waals surface area contributed by atoms with Crippen LogP contribution in [0, 0.1) is 0 Å². The Morgan fingerprint density at radius 2 is 1.60 bits per heavy atom. The zero-order chi connectivity index (χ0) is 16.4. The highest BCUT2D eigenvalue weighted by Crippen LogP contribution is 1.91. The van der Waals surface area contributed by atoms with Gasteiger partial charge in [-0.15, -0.1) is 0 Å². The molecule has 0 saturated heterocycles. The summed E-state index contributed by atoms with van der Waals surface area (Å²) >= 11 is 0. The lowest BCUT2D eigenvalue weighted by Gasteiger charge is -1.90. The van der Waals surface area contributed by atoms with Gasteiger partial charge in [-0.1, -0.05) is 13.3 Å². The Hall–Kier alpha value is -1.01. The van der Waals surface area contributed by atoms with Crippen molar-refractivity contribution in [1.82, 2.24) is 4.57 Å². The van der Waals surface area contributed by atoms with Gasteiger partial charge in [-0.3, -0.25) is 13.7 Å². The lowest BCUT2D eigenvalue weighted by molar-refractivity contribution is -0.671. The number of hydrogen-bond acceptors (Lipinski definition) is 4. The number of aryl methyl sites for hydroxylation is 2. The molecule has 0 aliphatic carbocycles. The third-order valence-corrected chi connectivity index (χ3v) is 1.59. The van der Waals surface area contributed by atoms with Gasteiger partial charge in [0.1, 0.15) is 12.4 Å². The maximum atomic E-state index is 9.19. The minimum Gasteiger partial charge on any atom is -0.286 e. The highest BCUT2D eigenvalue weighted by atomic mass is 32.3. The summed E-state index contributed by atoms with van der Waals surface area (Å²) in [5.41, 5.74) is 0. The van der Waals surface area contributed by atoms with Crippen molar-refractivity contribution in [3.05, 3.63) is 18.7 Å². The molecular formula is C9H22N2O7S2+2. The molecule has 0 aliphatic rings. The maximum Gasteiger partial charge on any atom is 1.00 e. The average molecular weight is 334 g/mol. The SMILES string of the molecule is CCCCn1cc[n+](C)c1.CS(=O)(=O)O.O=S(=O)(O)O.[H+]. The Labute approximate surface area is 120 Å². The predicted octanol–water partition coefficient (Wildman–Crippen LogP) is 0.0764. The number of hydrogen-bond donors (Lipinski definition) is 3. The molecule has 1 heterocycles. The van der Waals surface area contributed by atoms with Crippen molar-refractivity contribution in [2.24, 2.45) is 7.05 Å². The lowest BCUT2D eigenvalue weighted by Crippen LogP contribution is -2.23. The van der Waals surface area contributed by atoms with Crippen LogP contribution in [0.4, 0.5) is 0 Å². The first-order chi connectivity index (χ1) is 8.83. The van der Waals surface area contributed by atoms with E-state index in [9.17, 15) is 8.42 Å². The first-order valence-electron chi connectivity index (χ1n) is 5.46. The largest absolute Gasteiger partial charge is 1.00 e. The fourth-order valence-electron chi connectivity index (χ4n) is 0.975. The fraction of sp³-hybridized carbons (Fsp3) is 0.667. The summed E-state index contributed by atoms with van der Waals surface area (Å²) in [6.45, 7) is 3.36. The summed E-state index contributed by atoms with van der Waals surface area (Å²) in [5, 5.41) is 0. The summed E-state index contributed by atoms with van der Waals surface area (Å²) in [4.78, 5) is 0. The van der Waals surface area contributed by atoms with Gasteiger partial charge in [0.05, 0.1) is 19.8 Å². The number of aromatic nitrogens is 2. The minimum absolute atomic E-state index is 0. The van der Waals surface area contributed by atoms with Gasteiger partial charge in [-0.05, 0) is 6.42 Å². The van der Waals surface area contributed by atoms with Crippen molar-refractivity contribution in [1.29, 1.82) is 0 Å². The molecule has 0 aliphatic heterocycles. The Morgan fingerprint density at radius 1 is 1.20 bits per heavy atom. The molecule has 0 fully saturated rings. The molecule has 1 aromatic rings. The van der Waals surface area contributed by atoms with E-state index in [-0.39, 0.29) is 1.43 Å². The Bertz CT molecular complexity index is 523. The third-order valence-electron chi connectivity index (χ3n) is 1.59. The molecule has 3 N–H and O–H groups in total. The first kappa shape index (κ1) is 21.3. The molecule has 0 aromatic carbocycles. The van der Waals surface area contributed by atoms with Crippen LogP contribution in [0.5, 0.6) is 0 Å². The van der Waals surface area contributed by atoms with E-state index in [1.165, 1.54) is 12.8 Å². The van der Waals surface area contributed by atoms with Gasteiger partial charge in [-0.25, -0.2) is 9.13 Å². The topological polar surface area (TPSA) is 138 Å². The molecule has 1 aromatic heterocycles. The maximum absolute atomic E-state index is 9.19. The van der Waals surface area contributed by atoms with Gasteiger partial charge in [0.25, 0.3) is 10.1 Å². The molecule has 9 nitrogen and oxygen atoms in total. The van der Waals surface area contributed by atoms with Crippen molar-refractivity contribution in [3.8, 4) is 0 Å². The fourth-order valence-corrected chi connectivity index (χ4v) is 0.975. The van der Waals surface area contributed by atoms with Crippen LogP contribution in [0.2, 0.25) is 0 Å². The van der Waals surface area contributed by atoms with E-state index in [0.717, 1.165) is 6.54 Å². The average Bonchev–Trinajstić information content (AvgIpc) is 2.56. The molecular weight excluding hydrogens is 312 g/mol. The van der Waals surface area contributed by atoms with Gasteiger partial charge < -0.3 is 0 Å². The van der Waals surface area contributed by atoms with Crippen LogP contribution in [-0.4, -0.2) is 41.3 Å². The summed E-state index contributed by atoms with van der Waals surface area (Å²) in [5.74, 6) is 0. The van der Waals surface area contributed by atoms with E-state index in [2.05, 4.69) is 34.8 Å². The Kier molecular flexibility index (Phi) is 10.5. The van der Waals surface area contributed by atoms with Crippen LogP contribution in [0.25, 0.3) is 0 Å². The van der Waals surface area contributed by atoms with Crippen molar-refractivity contribution >= 4 is 20.5 Å². The zero-order valence-corrected chi connectivity index (χ0v) is 13.2. The summed E-state index contributed by atoms with van der Waals surface area (Å²) in [6.07, 6.45) is 9.53. The van der Waals surface area contributed by atoms with E-state index in [0.29, 0.717) is 6.26 Å². The standard InChI is InChI=1S/C8H15N2.CH4O3S.H2O4S/c1-3-4-5-10-7-6-9(2)8-10;2*1-5(2,3)4/h6-8H,3-5H2,1-2H3;1H3,(H,2,3,4);(H2,1,2,3,4)/q+1;;/p+1. The predicted molar refractivity (Wildman–Crippen MR) is 73.3 cm³/mol. The van der Waals surface area contributed by atoms with Crippen LogP contribution >= 0.6 is 0 Å². The second-order valence-corrected chi connectivity index (χ2v) is 6.21. The number of unbranched alkanes of at least 4 members (excludes halogenated alkanes) is 1. The van der Waals surface area contributed by atoms with Gasteiger partial charge in [0.15, 0.2) is 0 Å². The lowest BCUT2D eigenvalue weighted by atomic mass is 10.3.